The summed E-state index contributed by atoms with van der Waals surface area (Å²) >= 11 is 28.3. The minimum Gasteiger partial charge on any atom is -0.415 e. The van der Waals surface area contributed by atoms with Gasteiger partial charge in [0, 0.05) is 0 Å². The SMILES string of the molecule is CC=CSC(N)=S.CC=CSC(N)=S.NC(=S)[S-].NC(=S)[S-].[Zn+2]. The molecular formula is C10H18N4S8Zn. The number of hydrogen-bond donors (Lipinski definition) is 4. The van der Waals surface area contributed by atoms with Gasteiger partial charge >= 0.3 is 19.5 Å². The van der Waals surface area contributed by atoms with E-state index in [1.54, 1.807) is 0 Å². The third-order valence-corrected chi connectivity index (χ3v) is 2.50. The molecule has 4 nitrogen and oxygen atoms in total. The van der Waals surface area contributed by atoms with Crippen molar-refractivity contribution in [3.8, 4) is 0 Å². The van der Waals surface area contributed by atoms with Gasteiger partial charge in [-0.25, -0.2) is 0 Å². The molecule has 0 fully saturated rings. The van der Waals surface area contributed by atoms with Gasteiger partial charge in [-0.3, -0.25) is 0 Å². The molecule has 13 heteroatoms. The van der Waals surface area contributed by atoms with Gasteiger partial charge in [0.25, 0.3) is 0 Å². The Morgan fingerprint density at radius 3 is 0.957 bits per heavy atom. The first-order chi connectivity index (χ1) is 10.0. The van der Waals surface area contributed by atoms with Crippen LogP contribution in [0.15, 0.2) is 23.0 Å². The maximum absolute atomic E-state index is 5.12. The molecule has 0 aliphatic rings. The molecule has 0 atom stereocenters. The topological polar surface area (TPSA) is 104 Å². The zero-order valence-electron chi connectivity index (χ0n) is 12.6. The first-order valence-electron chi connectivity index (χ1n) is 5.08. The summed E-state index contributed by atoms with van der Waals surface area (Å²) in [7, 11) is 0. The van der Waals surface area contributed by atoms with Crippen LogP contribution in [0.3, 0.4) is 0 Å². The van der Waals surface area contributed by atoms with Gasteiger partial charge in [-0.05, 0) is 24.7 Å². The Bertz CT molecular complexity index is 343. The maximum atomic E-state index is 5.12. The molecule has 0 heterocycles. The largest absolute Gasteiger partial charge is 2.00 e. The summed E-state index contributed by atoms with van der Waals surface area (Å²) in [5, 5.41) is 3.70. The smallest absolute Gasteiger partial charge is 0.415 e. The minimum absolute atomic E-state index is 0. The van der Waals surface area contributed by atoms with Crippen molar-refractivity contribution in [2.24, 2.45) is 22.9 Å². The van der Waals surface area contributed by atoms with E-state index in [1.807, 2.05) is 36.8 Å². The van der Waals surface area contributed by atoms with E-state index in [2.05, 4.69) is 85.6 Å². The van der Waals surface area contributed by atoms with Crippen LogP contribution in [-0.4, -0.2) is 17.3 Å². The minimum atomic E-state index is 0. The van der Waals surface area contributed by atoms with E-state index in [-0.39, 0.29) is 28.1 Å². The molecule has 0 bridgehead atoms. The van der Waals surface area contributed by atoms with Crippen LogP contribution in [0.4, 0.5) is 0 Å². The van der Waals surface area contributed by atoms with Crippen LogP contribution in [0.5, 0.6) is 0 Å². The molecule has 0 aromatic carbocycles. The molecule has 0 rings (SSSR count). The average Bonchev–Trinajstić information content (AvgIpc) is 2.33. The molecule has 8 N–H and O–H groups in total. The fourth-order valence-corrected chi connectivity index (χ4v) is 1.14. The second-order valence-corrected chi connectivity index (χ2v) is 8.02. The Hall–Kier alpha value is 0.803. The number of thiocarbonyl (C=S) groups is 4. The van der Waals surface area contributed by atoms with Crippen LogP contribution in [0.1, 0.15) is 13.8 Å². The van der Waals surface area contributed by atoms with Crippen LogP contribution < -0.4 is 22.9 Å². The second kappa shape index (κ2) is 30.7. The van der Waals surface area contributed by atoms with Crippen LogP contribution in [-0.2, 0) is 44.7 Å². The average molecular weight is 516 g/mol. The Morgan fingerprint density at radius 1 is 0.739 bits per heavy atom. The molecule has 0 spiro atoms. The van der Waals surface area contributed by atoms with E-state index in [9.17, 15) is 0 Å². The van der Waals surface area contributed by atoms with Gasteiger partial charge in [0.2, 0.25) is 0 Å². The van der Waals surface area contributed by atoms with Crippen molar-refractivity contribution in [2.45, 2.75) is 13.8 Å². The molecule has 128 valence electrons. The number of allylic oxidation sites excluding steroid dienone is 2. The fourth-order valence-electron chi connectivity index (χ4n) is 0.270. The van der Waals surface area contributed by atoms with Gasteiger partial charge in [0.15, 0.2) is 0 Å². The monoisotopic (exact) mass is 514 g/mol. The van der Waals surface area contributed by atoms with Crippen LogP contribution >= 0.6 is 72.4 Å². The van der Waals surface area contributed by atoms with E-state index in [0.717, 1.165) is 0 Å². The third kappa shape index (κ3) is 127. The molecule has 0 saturated heterocycles. The van der Waals surface area contributed by atoms with Gasteiger partial charge in [0.05, 0.1) is 0 Å². The number of thioether (sulfide) groups is 2. The first-order valence-corrected chi connectivity index (χ1v) is 9.29. The van der Waals surface area contributed by atoms with Crippen molar-refractivity contribution in [3.05, 3.63) is 23.0 Å². The Balaban J connectivity index is -0.0000000639. The van der Waals surface area contributed by atoms with Crippen LogP contribution in [0, 0.1) is 0 Å². The first kappa shape index (κ1) is 35.0. The van der Waals surface area contributed by atoms with Gasteiger partial charge in [0.1, 0.15) is 8.64 Å². The molecule has 0 aliphatic heterocycles. The van der Waals surface area contributed by atoms with E-state index in [4.69, 9.17) is 11.5 Å². The molecule has 0 amide bonds. The molecule has 23 heavy (non-hydrogen) atoms. The van der Waals surface area contributed by atoms with E-state index in [0.29, 0.717) is 8.64 Å². The van der Waals surface area contributed by atoms with Crippen molar-refractivity contribution in [1.29, 1.82) is 0 Å². The predicted molar refractivity (Wildman–Crippen MR) is 127 cm³/mol. The summed E-state index contributed by atoms with van der Waals surface area (Å²) in [4.78, 5) is 0. The van der Waals surface area contributed by atoms with E-state index in [1.165, 1.54) is 23.5 Å². The Morgan fingerprint density at radius 2 is 0.913 bits per heavy atom. The van der Waals surface area contributed by atoms with Crippen molar-refractivity contribution < 1.29 is 19.5 Å². The molecule has 0 unspecified atom stereocenters. The van der Waals surface area contributed by atoms with Gasteiger partial charge in [-0.15, -0.1) is 0 Å². The molecule has 0 aromatic heterocycles. The number of rotatable bonds is 2. The van der Waals surface area contributed by atoms with Crippen molar-refractivity contribution in [2.75, 3.05) is 0 Å². The summed E-state index contributed by atoms with van der Waals surface area (Å²) in [5.41, 5.74) is 19.6. The predicted octanol–water partition coefficient (Wildman–Crippen LogP) is 2.54. The van der Waals surface area contributed by atoms with E-state index >= 15 is 0 Å². The summed E-state index contributed by atoms with van der Waals surface area (Å²) in [5.74, 6) is 0. The number of hydrogen-bond acceptors (Lipinski definition) is 8. The van der Waals surface area contributed by atoms with Crippen LogP contribution in [0.2, 0.25) is 0 Å². The fraction of sp³-hybridized carbons (Fsp3) is 0.200. The third-order valence-electron chi connectivity index (χ3n) is 0.641. The summed E-state index contributed by atoms with van der Waals surface area (Å²) in [6.07, 6.45) is 3.79. The molecular weight excluding hydrogens is 498 g/mol. The number of nitrogens with two attached hydrogens (primary N) is 4. The second-order valence-electron chi connectivity index (χ2n) is 2.45. The summed E-state index contributed by atoms with van der Waals surface area (Å²) in [6.45, 7) is 3.84. The zero-order valence-corrected chi connectivity index (χ0v) is 22.1. The van der Waals surface area contributed by atoms with Crippen molar-refractivity contribution >= 4 is 115 Å². The molecule has 0 saturated carbocycles. The maximum Gasteiger partial charge on any atom is 2.00 e. The molecule has 0 aromatic rings. The van der Waals surface area contributed by atoms with Crippen molar-refractivity contribution in [1.82, 2.24) is 0 Å². The van der Waals surface area contributed by atoms with Gasteiger partial charge in [-0.2, -0.15) is 0 Å². The van der Waals surface area contributed by atoms with E-state index < -0.39 is 0 Å². The standard InChI is InChI=1S/2C4H7NS2.2CH3NS2.Zn/c2*1-2-3-7-4(5)6;2*2-1(3)4;/h2*2-3H,1H3,(H2,5,6);2*(H3,2,3,4);/q;;;;+2/p-2. The Labute approximate surface area is 192 Å². The summed E-state index contributed by atoms with van der Waals surface area (Å²) in [6, 6.07) is 0. The summed E-state index contributed by atoms with van der Waals surface area (Å²) < 4.78 is 1.11. The molecule has 0 radical (unpaired) electrons. The van der Waals surface area contributed by atoms with Gasteiger partial charge < -0.3 is 72.6 Å². The Kier molecular flexibility index (Phi) is 46.7. The quantitative estimate of drug-likeness (QED) is 0.247. The zero-order chi connectivity index (χ0) is 18.6. The van der Waals surface area contributed by atoms with Gasteiger partial charge in [-0.1, -0.05) is 68.8 Å². The van der Waals surface area contributed by atoms with Crippen LogP contribution in [0.25, 0.3) is 0 Å². The van der Waals surface area contributed by atoms with Crippen molar-refractivity contribution in [3.63, 3.8) is 0 Å². The normalized spacial score (nSPS) is 8.09. The molecule has 0 aliphatic carbocycles.